The molecule has 0 fully saturated rings. The number of nitrogens with one attached hydrogen (secondary N) is 1. The highest BCUT2D eigenvalue weighted by Gasteiger charge is 2.14. The number of anilines is 1. The average Bonchev–Trinajstić information content (AvgIpc) is 2.38. The fourth-order valence-corrected chi connectivity index (χ4v) is 1.45. The molecule has 0 spiro atoms. The van der Waals surface area contributed by atoms with E-state index in [0.29, 0.717) is 24.4 Å². The lowest BCUT2D eigenvalue weighted by molar-refractivity contribution is -0.120. The quantitative estimate of drug-likeness (QED) is 0.725. The van der Waals surface area contributed by atoms with Crippen molar-refractivity contribution in [2.24, 2.45) is 5.73 Å². The number of ether oxygens (including phenoxy) is 1. The Morgan fingerprint density at radius 2 is 2.00 bits per heavy atom. The van der Waals surface area contributed by atoms with Crippen LogP contribution < -0.4 is 11.1 Å². The highest BCUT2D eigenvalue weighted by atomic mass is 16.5. The molecule has 0 radical (unpaired) electrons. The monoisotopic (exact) mass is 265 g/mol. The van der Waals surface area contributed by atoms with Gasteiger partial charge in [0.05, 0.1) is 17.9 Å². The van der Waals surface area contributed by atoms with Gasteiger partial charge in [-0.05, 0) is 12.1 Å². The van der Waals surface area contributed by atoms with E-state index in [1.165, 1.54) is 4.90 Å². The Balaban J connectivity index is 2.73. The van der Waals surface area contributed by atoms with Crippen LogP contribution in [0.1, 0.15) is 10.4 Å². The lowest BCUT2D eigenvalue weighted by Gasteiger charge is -2.14. The molecule has 0 aliphatic heterocycles. The summed E-state index contributed by atoms with van der Waals surface area (Å²) in [7, 11) is 3.32. The summed E-state index contributed by atoms with van der Waals surface area (Å²) in [6.07, 6.45) is 0. The van der Waals surface area contributed by atoms with Gasteiger partial charge in [0.1, 0.15) is 6.61 Å². The number of carbonyl (C=O) groups excluding carboxylic acids is 2. The van der Waals surface area contributed by atoms with E-state index in [9.17, 15) is 9.59 Å². The first-order valence-corrected chi connectivity index (χ1v) is 5.94. The van der Waals surface area contributed by atoms with Crippen molar-refractivity contribution in [1.29, 1.82) is 0 Å². The molecule has 0 atom stereocenters. The van der Waals surface area contributed by atoms with Gasteiger partial charge in [-0.3, -0.25) is 9.59 Å². The van der Waals surface area contributed by atoms with Gasteiger partial charge in [0, 0.05) is 20.6 Å². The van der Waals surface area contributed by atoms with E-state index in [-0.39, 0.29) is 18.4 Å². The summed E-state index contributed by atoms with van der Waals surface area (Å²) in [4.78, 5) is 25.0. The number of para-hydroxylation sites is 1. The molecule has 0 saturated carbocycles. The van der Waals surface area contributed by atoms with Crippen LogP contribution >= 0.6 is 0 Å². The highest BCUT2D eigenvalue weighted by molar-refractivity contribution is 6.03. The Kier molecular flexibility index (Phi) is 5.98. The molecule has 0 unspecified atom stereocenters. The summed E-state index contributed by atoms with van der Waals surface area (Å²) in [6, 6.07) is 6.84. The Bertz CT molecular complexity index is 447. The van der Waals surface area contributed by atoms with Crippen molar-refractivity contribution < 1.29 is 14.3 Å². The Morgan fingerprint density at radius 3 is 2.63 bits per heavy atom. The van der Waals surface area contributed by atoms with Crippen LogP contribution in [0, 0.1) is 0 Å². The van der Waals surface area contributed by atoms with Gasteiger partial charge in [-0.25, -0.2) is 0 Å². The summed E-state index contributed by atoms with van der Waals surface area (Å²) in [5.74, 6) is -0.480. The number of rotatable bonds is 6. The maximum atomic E-state index is 11.9. The average molecular weight is 265 g/mol. The first-order chi connectivity index (χ1) is 9.06. The molecule has 0 aromatic heterocycles. The summed E-state index contributed by atoms with van der Waals surface area (Å²) in [6.45, 7) is 0.608. The number of carbonyl (C=O) groups is 2. The molecule has 2 amide bonds. The molecular formula is C13H19N3O3. The van der Waals surface area contributed by atoms with Gasteiger partial charge in [-0.15, -0.1) is 0 Å². The zero-order valence-corrected chi connectivity index (χ0v) is 11.2. The van der Waals surface area contributed by atoms with Crippen LogP contribution in [0.4, 0.5) is 5.69 Å². The van der Waals surface area contributed by atoms with E-state index in [1.54, 1.807) is 38.4 Å². The van der Waals surface area contributed by atoms with Gasteiger partial charge in [0.15, 0.2) is 0 Å². The molecule has 19 heavy (non-hydrogen) atoms. The third-order valence-corrected chi connectivity index (χ3v) is 2.33. The molecule has 1 aromatic carbocycles. The predicted octanol–water partition coefficient (Wildman–Crippen LogP) is 0.302. The number of amides is 2. The lowest BCUT2D eigenvalue weighted by Crippen LogP contribution is -2.25. The minimum absolute atomic E-state index is 0.0817. The number of nitrogens with zero attached hydrogens (tertiary/aromatic N) is 1. The second-order valence-electron chi connectivity index (χ2n) is 4.13. The minimum Gasteiger partial charge on any atom is -0.370 e. The van der Waals surface area contributed by atoms with E-state index < -0.39 is 0 Å². The van der Waals surface area contributed by atoms with Crippen molar-refractivity contribution in [2.45, 2.75) is 0 Å². The maximum Gasteiger partial charge on any atom is 0.255 e. The molecule has 1 aromatic rings. The molecule has 6 nitrogen and oxygen atoms in total. The highest BCUT2D eigenvalue weighted by Crippen LogP contribution is 2.16. The van der Waals surface area contributed by atoms with Gasteiger partial charge in [-0.2, -0.15) is 0 Å². The fraction of sp³-hybridized carbons (Fsp3) is 0.385. The number of hydrogen-bond acceptors (Lipinski definition) is 4. The Labute approximate surface area is 112 Å². The number of nitrogens with two attached hydrogens (primary N) is 1. The van der Waals surface area contributed by atoms with E-state index in [0.717, 1.165) is 0 Å². The molecule has 6 heteroatoms. The Hall–Kier alpha value is -1.92. The Morgan fingerprint density at radius 1 is 1.32 bits per heavy atom. The summed E-state index contributed by atoms with van der Waals surface area (Å²) < 4.78 is 5.03. The molecule has 0 aliphatic carbocycles. The van der Waals surface area contributed by atoms with E-state index in [1.807, 2.05) is 0 Å². The van der Waals surface area contributed by atoms with Crippen molar-refractivity contribution in [1.82, 2.24) is 4.90 Å². The summed E-state index contributed by atoms with van der Waals surface area (Å²) in [5.41, 5.74) is 6.18. The lowest BCUT2D eigenvalue weighted by atomic mass is 10.1. The maximum absolute atomic E-state index is 11.9. The first-order valence-electron chi connectivity index (χ1n) is 5.94. The standard InChI is InChI=1S/C13H19N3O3/c1-16(2)13(18)10-5-3-4-6-11(10)15-12(17)9-19-8-7-14/h3-6H,7-9,14H2,1-2H3,(H,15,17). The molecule has 0 saturated heterocycles. The zero-order valence-electron chi connectivity index (χ0n) is 11.2. The predicted molar refractivity (Wildman–Crippen MR) is 73.0 cm³/mol. The van der Waals surface area contributed by atoms with E-state index in [4.69, 9.17) is 10.5 Å². The second-order valence-corrected chi connectivity index (χ2v) is 4.13. The fourth-order valence-electron chi connectivity index (χ4n) is 1.45. The van der Waals surface area contributed by atoms with Crippen molar-refractivity contribution in [3.8, 4) is 0 Å². The van der Waals surface area contributed by atoms with Gasteiger partial charge >= 0.3 is 0 Å². The molecule has 3 N–H and O–H groups in total. The largest absolute Gasteiger partial charge is 0.370 e. The number of hydrogen-bond donors (Lipinski definition) is 2. The van der Waals surface area contributed by atoms with Gasteiger partial charge in [0.2, 0.25) is 5.91 Å². The summed E-state index contributed by atoms with van der Waals surface area (Å²) >= 11 is 0. The van der Waals surface area contributed by atoms with Crippen molar-refractivity contribution in [3.05, 3.63) is 29.8 Å². The van der Waals surface area contributed by atoms with Crippen LogP contribution in [0.3, 0.4) is 0 Å². The molecule has 0 aliphatic rings. The second kappa shape index (κ2) is 7.50. The first kappa shape index (κ1) is 15.1. The topological polar surface area (TPSA) is 84.7 Å². The van der Waals surface area contributed by atoms with Crippen LogP contribution in [0.15, 0.2) is 24.3 Å². The van der Waals surface area contributed by atoms with E-state index in [2.05, 4.69) is 5.32 Å². The number of benzene rings is 1. The van der Waals surface area contributed by atoms with Crippen LogP contribution in [0.25, 0.3) is 0 Å². The van der Waals surface area contributed by atoms with Crippen molar-refractivity contribution >= 4 is 17.5 Å². The van der Waals surface area contributed by atoms with Crippen molar-refractivity contribution in [3.63, 3.8) is 0 Å². The van der Waals surface area contributed by atoms with Crippen LogP contribution in [-0.4, -0.2) is 50.6 Å². The van der Waals surface area contributed by atoms with Crippen LogP contribution in [-0.2, 0) is 9.53 Å². The zero-order chi connectivity index (χ0) is 14.3. The molecule has 0 bridgehead atoms. The SMILES string of the molecule is CN(C)C(=O)c1ccccc1NC(=O)COCCN. The summed E-state index contributed by atoms with van der Waals surface area (Å²) in [5, 5.41) is 2.65. The minimum atomic E-state index is -0.313. The van der Waals surface area contributed by atoms with Crippen molar-refractivity contribution in [2.75, 3.05) is 39.2 Å². The third kappa shape index (κ3) is 4.69. The molecule has 0 heterocycles. The van der Waals surface area contributed by atoms with Gasteiger partial charge in [0.25, 0.3) is 5.91 Å². The van der Waals surface area contributed by atoms with E-state index >= 15 is 0 Å². The molecule has 1 rings (SSSR count). The van der Waals surface area contributed by atoms with Gasteiger partial charge < -0.3 is 20.7 Å². The smallest absolute Gasteiger partial charge is 0.255 e. The van der Waals surface area contributed by atoms with Crippen LogP contribution in [0.2, 0.25) is 0 Å². The van der Waals surface area contributed by atoms with Crippen LogP contribution in [0.5, 0.6) is 0 Å². The normalized spacial score (nSPS) is 10.1. The molecule has 104 valence electrons. The third-order valence-electron chi connectivity index (χ3n) is 2.33. The molecular weight excluding hydrogens is 246 g/mol. The van der Waals surface area contributed by atoms with Gasteiger partial charge in [-0.1, -0.05) is 12.1 Å².